The van der Waals surface area contributed by atoms with Crippen molar-refractivity contribution in [2.45, 2.75) is 38.2 Å². The van der Waals surface area contributed by atoms with Gasteiger partial charge in [-0.05, 0) is 30.7 Å². The molecule has 2 amide bonds. The maximum Gasteiger partial charge on any atom is 0.416 e. The van der Waals surface area contributed by atoms with Gasteiger partial charge >= 0.3 is 18.3 Å². The van der Waals surface area contributed by atoms with Crippen LogP contribution in [0, 0.1) is 0 Å². The second kappa shape index (κ2) is 8.93. The zero-order valence-electron chi connectivity index (χ0n) is 14.4. The van der Waals surface area contributed by atoms with Gasteiger partial charge in [0.1, 0.15) is 6.04 Å². The number of alkyl halides is 6. The van der Waals surface area contributed by atoms with E-state index >= 15 is 0 Å². The summed E-state index contributed by atoms with van der Waals surface area (Å²) < 4.78 is 81.5. The highest BCUT2D eigenvalue weighted by Crippen LogP contribution is 2.36. The minimum absolute atomic E-state index is 0.0112. The number of nitrogens with two attached hydrogens (primary N) is 1. The van der Waals surface area contributed by atoms with Gasteiger partial charge in [0, 0.05) is 0 Å². The fourth-order valence-corrected chi connectivity index (χ4v) is 2.16. The summed E-state index contributed by atoms with van der Waals surface area (Å²) in [7, 11) is 0. The minimum Gasteiger partial charge on any atom is -0.466 e. The summed E-state index contributed by atoms with van der Waals surface area (Å²) in [5, 5.41) is 1.99. The van der Waals surface area contributed by atoms with E-state index in [1.165, 1.54) is 6.92 Å². The van der Waals surface area contributed by atoms with Crippen molar-refractivity contribution in [3.05, 3.63) is 34.9 Å². The van der Waals surface area contributed by atoms with Crippen LogP contribution < -0.4 is 11.1 Å². The number of hydrogen-bond acceptors (Lipinski definition) is 4. The van der Waals surface area contributed by atoms with Crippen molar-refractivity contribution < 1.29 is 45.5 Å². The predicted molar refractivity (Wildman–Crippen MR) is 82.5 cm³/mol. The molecule has 0 radical (unpaired) electrons. The molecule has 28 heavy (non-hydrogen) atoms. The first-order valence-corrected chi connectivity index (χ1v) is 7.76. The lowest BCUT2D eigenvalue weighted by Crippen LogP contribution is -2.46. The topological polar surface area (TPSA) is 98.5 Å². The third-order valence-electron chi connectivity index (χ3n) is 3.37. The first-order valence-electron chi connectivity index (χ1n) is 7.76. The molecule has 0 aliphatic rings. The molecule has 0 unspecified atom stereocenters. The van der Waals surface area contributed by atoms with Gasteiger partial charge in [-0.2, -0.15) is 26.3 Å². The Hall–Kier alpha value is -2.79. The van der Waals surface area contributed by atoms with E-state index in [4.69, 9.17) is 5.73 Å². The zero-order chi connectivity index (χ0) is 21.7. The third kappa shape index (κ3) is 7.08. The Labute approximate surface area is 155 Å². The average molecular weight is 414 g/mol. The van der Waals surface area contributed by atoms with E-state index in [9.17, 15) is 40.7 Å². The molecule has 3 N–H and O–H groups in total. The first kappa shape index (κ1) is 23.2. The number of amides is 2. The quantitative estimate of drug-likeness (QED) is 0.528. The summed E-state index contributed by atoms with van der Waals surface area (Å²) in [6, 6.07) is -0.827. The number of carbonyl (C=O) groups excluding carboxylic acids is 3. The van der Waals surface area contributed by atoms with E-state index < -0.39 is 65.7 Å². The number of rotatable bonds is 7. The molecule has 0 saturated carbocycles. The number of carbonyl (C=O) groups is 3. The van der Waals surface area contributed by atoms with Crippen molar-refractivity contribution in [1.29, 1.82) is 0 Å². The number of ether oxygens (including phenoxy) is 1. The van der Waals surface area contributed by atoms with Gasteiger partial charge in [-0.15, -0.1) is 0 Å². The maximum atomic E-state index is 12.8. The van der Waals surface area contributed by atoms with E-state index in [0.29, 0.717) is 12.1 Å². The van der Waals surface area contributed by atoms with E-state index in [1.807, 2.05) is 5.32 Å². The lowest BCUT2D eigenvalue weighted by molar-refractivity contribution is -0.146. The molecular weight excluding hydrogens is 398 g/mol. The number of nitrogens with one attached hydrogen (secondary N) is 1. The molecule has 0 spiro atoms. The normalized spacial score (nSPS) is 13.0. The molecule has 12 heteroatoms. The highest BCUT2D eigenvalue weighted by Gasteiger charge is 2.37. The van der Waals surface area contributed by atoms with Gasteiger partial charge in [0.25, 0.3) is 0 Å². The second-order valence-electron chi connectivity index (χ2n) is 5.62. The third-order valence-corrected chi connectivity index (χ3v) is 3.37. The molecule has 1 aromatic carbocycles. The van der Waals surface area contributed by atoms with E-state index in [2.05, 4.69) is 4.74 Å². The minimum atomic E-state index is -5.06. The van der Waals surface area contributed by atoms with Gasteiger partial charge in [0.05, 0.1) is 30.6 Å². The highest BCUT2D eigenvalue weighted by molar-refractivity contribution is 5.90. The fourth-order valence-electron chi connectivity index (χ4n) is 2.16. The van der Waals surface area contributed by atoms with Gasteiger partial charge in [-0.3, -0.25) is 14.4 Å². The summed E-state index contributed by atoms with van der Waals surface area (Å²) in [5.41, 5.74) is 1.28. The number of benzene rings is 1. The maximum absolute atomic E-state index is 12.8. The molecule has 1 aromatic rings. The van der Waals surface area contributed by atoms with Gasteiger partial charge in [0.2, 0.25) is 11.8 Å². The molecule has 156 valence electrons. The highest BCUT2D eigenvalue weighted by atomic mass is 19.4. The molecule has 1 atom stereocenters. The van der Waals surface area contributed by atoms with Crippen LogP contribution >= 0.6 is 0 Å². The largest absolute Gasteiger partial charge is 0.466 e. The lowest BCUT2D eigenvalue weighted by atomic mass is 10.0. The van der Waals surface area contributed by atoms with Gasteiger partial charge < -0.3 is 15.8 Å². The molecular formula is C16H16F6N2O4. The molecule has 0 heterocycles. The molecule has 6 nitrogen and oxygen atoms in total. The SMILES string of the molecule is CCOC(=O)C[C@H](NC(=O)Cc1cc(C(F)(F)F)cc(C(F)(F)F)c1)C(N)=O. The van der Waals surface area contributed by atoms with Gasteiger partial charge in [-0.1, -0.05) is 0 Å². The molecule has 0 bridgehead atoms. The van der Waals surface area contributed by atoms with E-state index in [1.54, 1.807) is 0 Å². The van der Waals surface area contributed by atoms with Crippen molar-refractivity contribution in [1.82, 2.24) is 5.32 Å². The van der Waals surface area contributed by atoms with Gasteiger partial charge in [-0.25, -0.2) is 0 Å². The molecule has 0 aromatic heterocycles. The Morgan fingerprint density at radius 3 is 1.93 bits per heavy atom. The van der Waals surface area contributed by atoms with Crippen molar-refractivity contribution in [2.24, 2.45) is 5.73 Å². The standard InChI is InChI=1S/C16H16F6N2O4/c1-2-28-13(26)7-11(14(23)27)24-12(25)5-8-3-9(15(17,18)19)6-10(4-8)16(20,21)22/h3-4,6,11H,2,5,7H2,1H3,(H2,23,27)(H,24,25)/t11-/m0/s1. The van der Waals surface area contributed by atoms with Crippen LogP contribution in [0.25, 0.3) is 0 Å². The summed E-state index contributed by atoms with van der Waals surface area (Å²) >= 11 is 0. The lowest BCUT2D eigenvalue weighted by Gasteiger charge is -2.16. The van der Waals surface area contributed by atoms with Crippen molar-refractivity contribution in [3.8, 4) is 0 Å². The monoisotopic (exact) mass is 414 g/mol. The van der Waals surface area contributed by atoms with Gasteiger partial charge in [0.15, 0.2) is 0 Å². The smallest absolute Gasteiger partial charge is 0.416 e. The summed E-state index contributed by atoms with van der Waals surface area (Å²) in [6.45, 7) is 1.48. The second-order valence-corrected chi connectivity index (χ2v) is 5.62. The van der Waals surface area contributed by atoms with Crippen LogP contribution in [0.4, 0.5) is 26.3 Å². The Kier molecular flexibility index (Phi) is 7.42. The van der Waals surface area contributed by atoms with E-state index in [-0.39, 0.29) is 12.7 Å². The van der Waals surface area contributed by atoms with Crippen molar-refractivity contribution in [2.75, 3.05) is 6.61 Å². The number of primary amides is 1. The number of hydrogen-bond donors (Lipinski definition) is 2. The Morgan fingerprint density at radius 2 is 1.54 bits per heavy atom. The van der Waals surface area contributed by atoms with E-state index in [0.717, 1.165) is 0 Å². The Morgan fingerprint density at radius 1 is 1.04 bits per heavy atom. The van der Waals surface area contributed by atoms with Crippen LogP contribution in [0.2, 0.25) is 0 Å². The molecule has 0 fully saturated rings. The average Bonchev–Trinajstić information content (AvgIpc) is 2.52. The van der Waals surface area contributed by atoms with Crippen LogP contribution in [0.3, 0.4) is 0 Å². The number of halogens is 6. The van der Waals surface area contributed by atoms with Crippen LogP contribution in [0.1, 0.15) is 30.0 Å². The summed E-state index contributed by atoms with van der Waals surface area (Å²) in [4.78, 5) is 34.6. The Bertz CT molecular complexity index is 713. The summed E-state index contributed by atoms with van der Waals surface area (Å²) in [6.07, 6.45) is -11.7. The molecule has 1 rings (SSSR count). The fraction of sp³-hybridized carbons (Fsp3) is 0.438. The first-order chi connectivity index (χ1) is 12.7. The Balaban J connectivity index is 3.03. The van der Waals surface area contributed by atoms with Crippen LogP contribution in [0.5, 0.6) is 0 Å². The van der Waals surface area contributed by atoms with Crippen molar-refractivity contribution >= 4 is 17.8 Å². The number of esters is 1. The van der Waals surface area contributed by atoms with Crippen LogP contribution in [-0.2, 0) is 37.9 Å². The van der Waals surface area contributed by atoms with Crippen LogP contribution in [0.15, 0.2) is 18.2 Å². The summed E-state index contributed by atoms with van der Waals surface area (Å²) in [5.74, 6) is -3.09. The molecule has 0 saturated heterocycles. The van der Waals surface area contributed by atoms with Crippen LogP contribution in [-0.4, -0.2) is 30.4 Å². The molecule has 0 aliphatic heterocycles. The molecule has 0 aliphatic carbocycles. The predicted octanol–water partition coefficient (Wildman–Crippen LogP) is 2.19. The van der Waals surface area contributed by atoms with Crippen molar-refractivity contribution in [3.63, 3.8) is 0 Å². The zero-order valence-corrected chi connectivity index (χ0v) is 14.4.